The molecular formula is C18H15N5O2. The van der Waals surface area contributed by atoms with Crippen molar-refractivity contribution in [3.63, 3.8) is 0 Å². The van der Waals surface area contributed by atoms with Gasteiger partial charge in [0.15, 0.2) is 0 Å². The summed E-state index contributed by atoms with van der Waals surface area (Å²) >= 11 is 0. The molecule has 0 saturated heterocycles. The number of rotatable bonds is 4. The quantitative estimate of drug-likeness (QED) is 0.423. The lowest BCUT2D eigenvalue weighted by atomic mass is 10.2. The number of benzene rings is 2. The van der Waals surface area contributed by atoms with Gasteiger partial charge in [0, 0.05) is 23.8 Å². The summed E-state index contributed by atoms with van der Waals surface area (Å²) in [5, 5.41) is 20.5. The minimum atomic E-state index is -0.410. The Bertz CT molecular complexity index is 1080. The van der Waals surface area contributed by atoms with Crippen molar-refractivity contribution in [2.75, 3.05) is 0 Å². The second kappa shape index (κ2) is 5.86. The summed E-state index contributed by atoms with van der Waals surface area (Å²) in [6, 6.07) is 14.9. The van der Waals surface area contributed by atoms with Crippen LogP contribution in [-0.4, -0.2) is 24.5 Å². The number of aromatic nitrogens is 4. The minimum absolute atomic E-state index is 0.0362. The van der Waals surface area contributed by atoms with E-state index in [1.165, 1.54) is 17.5 Å². The van der Waals surface area contributed by atoms with Gasteiger partial charge in [0.2, 0.25) is 0 Å². The van der Waals surface area contributed by atoms with Gasteiger partial charge in [-0.1, -0.05) is 29.5 Å². The molecule has 0 fully saturated rings. The van der Waals surface area contributed by atoms with Crippen LogP contribution in [0, 0.1) is 17.0 Å². The topological polar surface area (TPSA) is 78.8 Å². The average molecular weight is 333 g/mol. The average Bonchev–Trinajstić information content (AvgIpc) is 3.23. The zero-order valence-corrected chi connectivity index (χ0v) is 13.5. The Morgan fingerprint density at radius 3 is 2.84 bits per heavy atom. The summed E-state index contributed by atoms with van der Waals surface area (Å²) in [4.78, 5) is 10.6. The van der Waals surface area contributed by atoms with Gasteiger partial charge in [-0.05, 0) is 30.0 Å². The molecule has 0 unspecified atom stereocenters. The lowest BCUT2D eigenvalue weighted by Crippen LogP contribution is -2.00. The molecule has 7 heteroatoms. The number of fused-ring (bicyclic) bond motifs is 1. The Balaban J connectivity index is 1.67. The van der Waals surface area contributed by atoms with E-state index >= 15 is 0 Å². The van der Waals surface area contributed by atoms with Gasteiger partial charge in [-0.3, -0.25) is 10.1 Å². The first-order valence-corrected chi connectivity index (χ1v) is 7.82. The molecule has 4 rings (SSSR count). The monoisotopic (exact) mass is 333 g/mol. The summed E-state index contributed by atoms with van der Waals surface area (Å²) in [5.41, 5.74) is 3.50. The van der Waals surface area contributed by atoms with Gasteiger partial charge in [0.05, 0.1) is 23.4 Å². The van der Waals surface area contributed by atoms with Crippen LogP contribution >= 0.6 is 0 Å². The molecule has 2 heterocycles. The van der Waals surface area contributed by atoms with E-state index in [4.69, 9.17) is 0 Å². The van der Waals surface area contributed by atoms with Crippen molar-refractivity contribution in [1.29, 1.82) is 0 Å². The number of nitro benzene ring substituents is 1. The summed E-state index contributed by atoms with van der Waals surface area (Å²) in [5.74, 6) is 0. The molecular weight excluding hydrogens is 318 g/mol. The number of hydrogen-bond donors (Lipinski definition) is 0. The van der Waals surface area contributed by atoms with E-state index in [1.807, 2.05) is 25.3 Å². The first-order valence-electron chi connectivity index (χ1n) is 7.82. The van der Waals surface area contributed by atoms with Gasteiger partial charge in [-0.2, -0.15) is 0 Å². The summed E-state index contributed by atoms with van der Waals surface area (Å²) < 4.78 is 3.69. The lowest BCUT2D eigenvalue weighted by molar-refractivity contribution is -0.384. The standard InChI is InChI=1S/C18H15N5O2/c1-13-6-7-16(23(24)25)10-18(13)22-12-15(19-20-22)11-21-9-8-14-4-2-3-5-17(14)21/h2-10,12H,11H2,1H3. The highest BCUT2D eigenvalue weighted by Crippen LogP contribution is 2.21. The molecule has 124 valence electrons. The molecule has 0 saturated carbocycles. The molecule has 0 atom stereocenters. The van der Waals surface area contributed by atoms with Crippen LogP contribution in [0.25, 0.3) is 16.6 Å². The van der Waals surface area contributed by atoms with E-state index in [0.717, 1.165) is 16.8 Å². The third-order valence-electron chi connectivity index (χ3n) is 4.20. The molecule has 0 amide bonds. The summed E-state index contributed by atoms with van der Waals surface area (Å²) in [6.07, 6.45) is 3.82. The molecule has 2 aromatic heterocycles. The van der Waals surface area contributed by atoms with Crippen LogP contribution in [0.3, 0.4) is 0 Å². The van der Waals surface area contributed by atoms with Gasteiger partial charge in [0.1, 0.15) is 5.69 Å². The van der Waals surface area contributed by atoms with E-state index in [1.54, 1.807) is 16.9 Å². The van der Waals surface area contributed by atoms with Crippen LogP contribution < -0.4 is 0 Å². The second-order valence-electron chi connectivity index (χ2n) is 5.88. The molecule has 0 radical (unpaired) electrons. The number of para-hydroxylation sites is 1. The Morgan fingerprint density at radius 1 is 1.16 bits per heavy atom. The minimum Gasteiger partial charge on any atom is -0.341 e. The van der Waals surface area contributed by atoms with Gasteiger partial charge in [0.25, 0.3) is 5.69 Å². The van der Waals surface area contributed by atoms with Crippen molar-refractivity contribution in [3.05, 3.63) is 82.3 Å². The molecule has 0 spiro atoms. The SMILES string of the molecule is Cc1ccc([N+](=O)[O-])cc1-n1cc(Cn2ccc3ccccc32)nn1. The Morgan fingerprint density at radius 2 is 2.00 bits per heavy atom. The van der Waals surface area contributed by atoms with Crippen LogP contribution in [0.5, 0.6) is 0 Å². The largest absolute Gasteiger partial charge is 0.341 e. The number of hydrogen-bond acceptors (Lipinski definition) is 4. The molecule has 0 N–H and O–H groups in total. The Labute approximate surface area is 143 Å². The third-order valence-corrected chi connectivity index (χ3v) is 4.20. The molecule has 0 bridgehead atoms. The predicted molar refractivity (Wildman–Crippen MR) is 93.8 cm³/mol. The number of aryl methyl sites for hydroxylation is 1. The van der Waals surface area contributed by atoms with Crippen LogP contribution in [0.1, 0.15) is 11.3 Å². The normalized spacial score (nSPS) is 11.1. The van der Waals surface area contributed by atoms with Crippen molar-refractivity contribution in [2.24, 2.45) is 0 Å². The third kappa shape index (κ3) is 2.76. The number of non-ortho nitro benzene ring substituents is 1. The molecule has 25 heavy (non-hydrogen) atoms. The predicted octanol–water partition coefficient (Wildman–Crippen LogP) is 3.49. The smallest absolute Gasteiger partial charge is 0.271 e. The fourth-order valence-corrected chi connectivity index (χ4v) is 2.90. The molecule has 7 nitrogen and oxygen atoms in total. The first-order chi connectivity index (χ1) is 12.1. The van der Waals surface area contributed by atoms with Crippen LogP contribution in [0.4, 0.5) is 5.69 Å². The highest BCUT2D eigenvalue weighted by Gasteiger charge is 2.12. The lowest BCUT2D eigenvalue weighted by Gasteiger charge is -2.04. The maximum absolute atomic E-state index is 11.0. The van der Waals surface area contributed by atoms with Crippen molar-refractivity contribution in [1.82, 2.24) is 19.6 Å². The molecule has 0 aliphatic rings. The molecule has 2 aromatic carbocycles. The van der Waals surface area contributed by atoms with Gasteiger partial charge in [-0.15, -0.1) is 5.10 Å². The van der Waals surface area contributed by atoms with Crippen LogP contribution in [-0.2, 0) is 6.54 Å². The van der Waals surface area contributed by atoms with Crippen molar-refractivity contribution in [3.8, 4) is 5.69 Å². The second-order valence-corrected chi connectivity index (χ2v) is 5.88. The fraction of sp³-hybridized carbons (Fsp3) is 0.111. The van der Waals surface area contributed by atoms with Gasteiger partial charge < -0.3 is 4.57 Å². The van der Waals surface area contributed by atoms with E-state index in [-0.39, 0.29) is 5.69 Å². The van der Waals surface area contributed by atoms with Crippen molar-refractivity contribution < 1.29 is 4.92 Å². The van der Waals surface area contributed by atoms with E-state index in [9.17, 15) is 10.1 Å². The van der Waals surface area contributed by atoms with Crippen LogP contribution in [0.2, 0.25) is 0 Å². The fourth-order valence-electron chi connectivity index (χ4n) is 2.90. The maximum atomic E-state index is 11.0. The van der Waals surface area contributed by atoms with E-state index in [0.29, 0.717) is 12.2 Å². The molecule has 4 aromatic rings. The van der Waals surface area contributed by atoms with Crippen molar-refractivity contribution in [2.45, 2.75) is 13.5 Å². The van der Waals surface area contributed by atoms with Crippen molar-refractivity contribution >= 4 is 16.6 Å². The summed E-state index contributed by atoms with van der Waals surface area (Å²) in [6.45, 7) is 2.47. The van der Waals surface area contributed by atoms with Gasteiger partial charge >= 0.3 is 0 Å². The molecule has 0 aliphatic heterocycles. The Kier molecular flexibility index (Phi) is 3.53. The van der Waals surface area contributed by atoms with E-state index in [2.05, 4.69) is 33.1 Å². The maximum Gasteiger partial charge on any atom is 0.271 e. The van der Waals surface area contributed by atoms with E-state index < -0.39 is 4.92 Å². The van der Waals surface area contributed by atoms with Crippen LogP contribution in [0.15, 0.2) is 60.9 Å². The Hall–Kier alpha value is -3.48. The zero-order chi connectivity index (χ0) is 17.4. The zero-order valence-electron chi connectivity index (χ0n) is 13.5. The highest BCUT2D eigenvalue weighted by molar-refractivity contribution is 5.79. The number of nitrogens with zero attached hydrogens (tertiary/aromatic N) is 5. The van der Waals surface area contributed by atoms with Gasteiger partial charge in [-0.25, -0.2) is 4.68 Å². The molecule has 0 aliphatic carbocycles. The first kappa shape index (κ1) is 15.1. The number of nitro groups is 1. The summed E-state index contributed by atoms with van der Waals surface area (Å²) in [7, 11) is 0. The highest BCUT2D eigenvalue weighted by atomic mass is 16.6.